The van der Waals surface area contributed by atoms with Crippen molar-refractivity contribution in [1.82, 2.24) is 14.7 Å². The van der Waals surface area contributed by atoms with Crippen LogP contribution in [-0.4, -0.2) is 33.7 Å². The van der Waals surface area contributed by atoms with Gasteiger partial charge < -0.3 is 4.90 Å². The number of likely N-dealkylation sites (tertiary alicyclic amines) is 1. The number of piperidine rings is 1. The van der Waals surface area contributed by atoms with Crippen molar-refractivity contribution < 1.29 is 4.79 Å². The summed E-state index contributed by atoms with van der Waals surface area (Å²) in [7, 11) is 0. The monoisotopic (exact) mass is 435 g/mol. The normalized spacial score (nSPS) is 14.6. The topological polar surface area (TPSA) is 55.2 Å². The maximum absolute atomic E-state index is 12.7. The van der Waals surface area contributed by atoms with Crippen molar-refractivity contribution in [2.24, 2.45) is 5.92 Å². The lowest BCUT2D eigenvalue weighted by atomic mass is 9.96. The van der Waals surface area contributed by atoms with Crippen LogP contribution in [0.15, 0.2) is 65.5 Å². The SMILES string of the molecule is Cc1cc(=O)n(CC2CCN(C(=O)Cc3cccc(Cl)c3)CC2)nc1-c1ccccc1. The number of halogens is 1. The van der Waals surface area contributed by atoms with Gasteiger partial charge in [0, 0.05) is 36.3 Å². The predicted octanol–water partition coefficient (Wildman–Crippen LogP) is 4.35. The minimum atomic E-state index is -0.0726. The van der Waals surface area contributed by atoms with Crippen LogP contribution in [0, 0.1) is 12.8 Å². The van der Waals surface area contributed by atoms with E-state index in [4.69, 9.17) is 11.6 Å². The van der Waals surface area contributed by atoms with Crippen molar-refractivity contribution in [2.75, 3.05) is 13.1 Å². The molecule has 0 unspecified atom stereocenters. The molecule has 1 saturated heterocycles. The fourth-order valence-electron chi connectivity index (χ4n) is 4.13. The number of hydrogen-bond donors (Lipinski definition) is 0. The molecule has 3 aromatic rings. The van der Waals surface area contributed by atoms with Gasteiger partial charge in [0.1, 0.15) is 0 Å². The largest absolute Gasteiger partial charge is 0.342 e. The van der Waals surface area contributed by atoms with Crippen molar-refractivity contribution in [3.63, 3.8) is 0 Å². The number of benzene rings is 2. The Morgan fingerprint density at radius 2 is 1.81 bits per heavy atom. The second kappa shape index (κ2) is 9.48. The van der Waals surface area contributed by atoms with E-state index in [-0.39, 0.29) is 11.5 Å². The quantitative estimate of drug-likeness (QED) is 0.598. The lowest BCUT2D eigenvalue weighted by Gasteiger charge is -2.32. The number of carbonyl (C=O) groups is 1. The lowest BCUT2D eigenvalue weighted by molar-refractivity contribution is -0.131. The van der Waals surface area contributed by atoms with Gasteiger partial charge in [-0.25, -0.2) is 4.68 Å². The van der Waals surface area contributed by atoms with Crippen molar-refractivity contribution in [3.8, 4) is 11.3 Å². The fraction of sp³-hybridized carbons (Fsp3) is 0.320. The highest BCUT2D eigenvalue weighted by Crippen LogP contribution is 2.22. The Morgan fingerprint density at radius 3 is 2.52 bits per heavy atom. The van der Waals surface area contributed by atoms with Gasteiger partial charge in [0.15, 0.2) is 0 Å². The molecule has 31 heavy (non-hydrogen) atoms. The minimum Gasteiger partial charge on any atom is -0.342 e. The average molecular weight is 436 g/mol. The second-order valence-electron chi connectivity index (χ2n) is 8.19. The van der Waals surface area contributed by atoms with Gasteiger partial charge in [-0.2, -0.15) is 5.10 Å². The van der Waals surface area contributed by atoms with Crippen molar-refractivity contribution in [2.45, 2.75) is 32.7 Å². The van der Waals surface area contributed by atoms with Crippen LogP contribution >= 0.6 is 11.6 Å². The van der Waals surface area contributed by atoms with E-state index in [0.29, 0.717) is 37.0 Å². The van der Waals surface area contributed by atoms with Crippen LogP contribution in [0.2, 0.25) is 5.02 Å². The van der Waals surface area contributed by atoms with Crippen LogP contribution in [0.25, 0.3) is 11.3 Å². The molecule has 0 bridgehead atoms. The zero-order valence-corrected chi connectivity index (χ0v) is 18.4. The highest BCUT2D eigenvalue weighted by Gasteiger charge is 2.24. The fourth-order valence-corrected chi connectivity index (χ4v) is 4.34. The zero-order valence-electron chi connectivity index (χ0n) is 17.6. The molecule has 0 saturated carbocycles. The summed E-state index contributed by atoms with van der Waals surface area (Å²) in [6.07, 6.45) is 2.10. The van der Waals surface area contributed by atoms with Crippen molar-refractivity contribution >= 4 is 17.5 Å². The Hall–Kier alpha value is -2.92. The lowest BCUT2D eigenvalue weighted by Crippen LogP contribution is -2.41. The number of nitrogens with zero attached hydrogens (tertiary/aromatic N) is 3. The van der Waals surface area contributed by atoms with E-state index < -0.39 is 0 Å². The molecule has 2 aromatic carbocycles. The van der Waals surface area contributed by atoms with E-state index in [2.05, 4.69) is 5.10 Å². The van der Waals surface area contributed by atoms with Crippen molar-refractivity contribution in [3.05, 3.63) is 87.2 Å². The van der Waals surface area contributed by atoms with Crippen LogP contribution < -0.4 is 5.56 Å². The molecule has 1 amide bonds. The molecule has 2 heterocycles. The minimum absolute atomic E-state index is 0.0726. The summed E-state index contributed by atoms with van der Waals surface area (Å²) in [5, 5.41) is 5.31. The van der Waals surface area contributed by atoms with Gasteiger partial charge in [0.05, 0.1) is 12.1 Å². The standard InChI is InChI=1S/C25H26ClN3O2/c1-18-14-24(31)29(27-25(18)21-7-3-2-4-8-21)17-19-10-12-28(13-11-19)23(30)16-20-6-5-9-22(26)15-20/h2-9,14-15,19H,10-13,16-17H2,1H3. The van der Waals surface area contributed by atoms with E-state index in [9.17, 15) is 9.59 Å². The molecule has 0 atom stereocenters. The second-order valence-corrected chi connectivity index (χ2v) is 8.63. The third-order valence-corrected chi connectivity index (χ3v) is 6.11. The van der Waals surface area contributed by atoms with Gasteiger partial charge in [-0.05, 0) is 48.9 Å². The molecule has 5 nitrogen and oxygen atoms in total. The number of carbonyl (C=O) groups excluding carboxylic acids is 1. The molecule has 1 aliphatic rings. The van der Waals surface area contributed by atoms with Crippen LogP contribution in [0.3, 0.4) is 0 Å². The summed E-state index contributed by atoms with van der Waals surface area (Å²) in [6.45, 7) is 3.91. The molecule has 1 fully saturated rings. The first-order valence-corrected chi connectivity index (χ1v) is 11.0. The third kappa shape index (κ3) is 5.23. The Balaban J connectivity index is 1.39. The van der Waals surface area contributed by atoms with Gasteiger partial charge in [0.25, 0.3) is 5.56 Å². The summed E-state index contributed by atoms with van der Waals surface area (Å²) in [6, 6.07) is 19.0. The molecule has 1 aliphatic heterocycles. The summed E-state index contributed by atoms with van der Waals surface area (Å²) in [4.78, 5) is 27.1. The summed E-state index contributed by atoms with van der Waals surface area (Å²) in [5.41, 5.74) is 3.60. The average Bonchev–Trinajstić information content (AvgIpc) is 2.77. The van der Waals surface area contributed by atoms with E-state index in [1.165, 1.54) is 0 Å². The Labute approximate surface area is 187 Å². The molecule has 6 heteroatoms. The van der Waals surface area contributed by atoms with Gasteiger partial charge in [-0.15, -0.1) is 0 Å². The van der Waals surface area contributed by atoms with Crippen LogP contribution in [0.5, 0.6) is 0 Å². The third-order valence-electron chi connectivity index (χ3n) is 5.88. The Morgan fingerprint density at radius 1 is 1.06 bits per heavy atom. The van der Waals surface area contributed by atoms with E-state index in [0.717, 1.165) is 35.2 Å². The van der Waals surface area contributed by atoms with Gasteiger partial charge in [0.2, 0.25) is 5.91 Å². The van der Waals surface area contributed by atoms with Crippen molar-refractivity contribution in [1.29, 1.82) is 0 Å². The molecule has 1 aromatic heterocycles. The summed E-state index contributed by atoms with van der Waals surface area (Å²) in [5.74, 6) is 0.449. The molecule has 0 radical (unpaired) electrons. The summed E-state index contributed by atoms with van der Waals surface area (Å²) >= 11 is 6.02. The highest BCUT2D eigenvalue weighted by atomic mass is 35.5. The first-order valence-electron chi connectivity index (χ1n) is 10.7. The van der Waals surface area contributed by atoms with Crippen LogP contribution in [0.1, 0.15) is 24.0 Å². The van der Waals surface area contributed by atoms with Crippen LogP contribution in [0.4, 0.5) is 0 Å². The number of aromatic nitrogens is 2. The van der Waals surface area contributed by atoms with E-state index >= 15 is 0 Å². The Kier molecular flexibility index (Phi) is 6.52. The van der Waals surface area contributed by atoms with Gasteiger partial charge in [-0.3, -0.25) is 9.59 Å². The molecular weight excluding hydrogens is 410 g/mol. The summed E-state index contributed by atoms with van der Waals surface area (Å²) < 4.78 is 1.59. The smallest absolute Gasteiger partial charge is 0.267 e. The van der Waals surface area contributed by atoms with E-state index in [1.807, 2.05) is 66.4 Å². The maximum Gasteiger partial charge on any atom is 0.267 e. The molecule has 0 spiro atoms. The number of hydrogen-bond acceptors (Lipinski definition) is 3. The maximum atomic E-state index is 12.7. The zero-order chi connectivity index (χ0) is 21.8. The molecule has 0 aliphatic carbocycles. The molecule has 0 N–H and O–H groups in total. The molecule has 4 rings (SSSR count). The predicted molar refractivity (Wildman–Crippen MR) is 123 cm³/mol. The number of rotatable bonds is 5. The highest BCUT2D eigenvalue weighted by molar-refractivity contribution is 6.30. The molecular formula is C25H26ClN3O2. The Bertz CT molecular complexity index is 1120. The first kappa shape index (κ1) is 21.3. The first-order chi connectivity index (χ1) is 15.0. The number of aryl methyl sites for hydroxylation is 1. The molecule has 160 valence electrons. The van der Waals surface area contributed by atoms with Gasteiger partial charge >= 0.3 is 0 Å². The van der Waals surface area contributed by atoms with E-state index in [1.54, 1.807) is 10.7 Å². The number of amides is 1. The van der Waals surface area contributed by atoms with Crippen LogP contribution in [-0.2, 0) is 17.8 Å². The van der Waals surface area contributed by atoms with Gasteiger partial charge in [-0.1, -0.05) is 54.1 Å².